The van der Waals surface area contributed by atoms with Gasteiger partial charge in [-0.15, -0.1) is 0 Å². The lowest BCUT2D eigenvalue weighted by Crippen LogP contribution is -2.05. The molecule has 1 unspecified atom stereocenters. The van der Waals surface area contributed by atoms with Crippen LogP contribution in [0.25, 0.3) is 0 Å². The van der Waals surface area contributed by atoms with Crippen molar-refractivity contribution in [2.24, 2.45) is 5.73 Å². The van der Waals surface area contributed by atoms with Gasteiger partial charge in [-0.1, -0.05) is 6.07 Å². The van der Waals surface area contributed by atoms with Crippen molar-refractivity contribution in [2.75, 3.05) is 0 Å². The molecule has 0 aliphatic heterocycles. The molecule has 0 aliphatic rings. The zero-order chi connectivity index (χ0) is 12.4. The van der Waals surface area contributed by atoms with Gasteiger partial charge in [0.15, 0.2) is 0 Å². The quantitative estimate of drug-likeness (QED) is 0.910. The summed E-state index contributed by atoms with van der Waals surface area (Å²) in [5, 5.41) is 0.440. The third kappa shape index (κ3) is 2.87. The summed E-state index contributed by atoms with van der Waals surface area (Å²) in [5.74, 6) is -0.305. The second kappa shape index (κ2) is 4.89. The topological polar surface area (TPSA) is 52.0 Å². The molecule has 0 spiro atoms. The highest BCUT2D eigenvalue weighted by Gasteiger charge is 2.10. The van der Waals surface area contributed by atoms with Crippen molar-refractivity contribution in [1.82, 2.24) is 4.98 Å². The van der Waals surface area contributed by atoms with E-state index in [0.717, 1.165) is 23.0 Å². The van der Waals surface area contributed by atoms with E-state index in [1.807, 2.05) is 19.9 Å². The summed E-state index contributed by atoms with van der Waals surface area (Å²) < 4.78 is 18.9. The average molecular weight is 252 g/mol. The van der Waals surface area contributed by atoms with Crippen LogP contribution < -0.4 is 5.73 Å². The second-order valence-corrected chi connectivity index (χ2v) is 4.83. The van der Waals surface area contributed by atoms with Gasteiger partial charge in [-0.05, 0) is 43.3 Å². The van der Waals surface area contributed by atoms with E-state index < -0.39 is 0 Å². The third-order valence-electron chi connectivity index (χ3n) is 2.28. The van der Waals surface area contributed by atoms with Crippen molar-refractivity contribution in [3.63, 3.8) is 0 Å². The maximum absolute atomic E-state index is 13.8. The molecule has 0 fully saturated rings. The highest BCUT2D eigenvalue weighted by molar-refractivity contribution is 7.99. The molecule has 17 heavy (non-hydrogen) atoms. The monoisotopic (exact) mass is 252 g/mol. The van der Waals surface area contributed by atoms with Gasteiger partial charge in [-0.25, -0.2) is 9.37 Å². The van der Waals surface area contributed by atoms with E-state index in [2.05, 4.69) is 4.98 Å². The van der Waals surface area contributed by atoms with Crippen molar-refractivity contribution < 1.29 is 8.81 Å². The Kier molecular flexibility index (Phi) is 3.49. The number of hydrogen-bond donors (Lipinski definition) is 1. The molecule has 2 rings (SSSR count). The van der Waals surface area contributed by atoms with Crippen LogP contribution in [-0.4, -0.2) is 4.98 Å². The molecule has 2 aromatic rings. The molecule has 0 amide bonds. The fourth-order valence-electron chi connectivity index (χ4n) is 1.36. The normalized spacial score (nSPS) is 12.7. The van der Waals surface area contributed by atoms with Crippen LogP contribution in [0, 0.1) is 12.7 Å². The predicted octanol–water partition coefficient (Wildman–Crippen LogP) is 3.29. The summed E-state index contributed by atoms with van der Waals surface area (Å²) in [6, 6.07) is 4.78. The largest absolute Gasteiger partial charge is 0.439 e. The zero-order valence-corrected chi connectivity index (χ0v) is 10.4. The lowest BCUT2D eigenvalue weighted by Gasteiger charge is -2.07. The Hall–Kier alpha value is -1.33. The molecule has 0 saturated heterocycles. The van der Waals surface area contributed by atoms with E-state index in [4.69, 9.17) is 10.2 Å². The number of aromatic nitrogens is 1. The maximum atomic E-state index is 13.8. The van der Waals surface area contributed by atoms with E-state index in [0.29, 0.717) is 10.1 Å². The zero-order valence-electron chi connectivity index (χ0n) is 9.61. The highest BCUT2D eigenvalue weighted by atomic mass is 32.2. The summed E-state index contributed by atoms with van der Waals surface area (Å²) in [7, 11) is 0. The molecule has 0 saturated carbocycles. The molecule has 0 bridgehead atoms. The Bertz CT molecular complexity index is 525. The first-order valence-corrected chi connectivity index (χ1v) is 6.03. The predicted molar refractivity (Wildman–Crippen MR) is 64.4 cm³/mol. The first kappa shape index (κ1) is 12.1. The molecule has 3 nitrogen and oxygen atoms in total. The molecular formula is C12H13FN2OS. The van der Waals surface area contributed by atoms with E-state index in [1.54, 1.807) is 6.07 Å². The molecule has 5 heteroatoms. The lowest BCUT2D eigenvalue weighted by molar-refractivity contribution is 0.453. The number of rotatable bonds is 3. The molecule has 1 aromatic heterocycles. The van der Waals surface area contributed by atoms with E-state index in [1.165, 1.54) is 12.3 Å². The van der Waals surface area contributed by atoms with Crippen molar-refractivity contribution in [3.05, 3.63) is 41.5 Å². The van der Waals surface area contributed by atoms with Crippen LogP contribution in [0.2, 0.25) is 0 Å². The molecule has 0 aliphatic carbocycles. The van der Waals surface area contributed by atoms with Crippen LogP contribution in [0.1, 0.15) is 24.2 Å². The Morgan fingerprint density at radius 2 is 2.24 bits per heavy atom. The van der Waals surface area contributed by atoms with Gasteiger partial charge in [0.05, 0.1) is 10.6 Å². The highest BCUT2D eigenvalue weighted by Crippen LogP contribution is 2.30. The van der Waals surface area contributed by atoms with Crippen molar-refractivity contribution in [2.45, 2.75) is 30.0 Å². The Labute approximate surface area is 103 Å². The summed E-state index contributed by atoms with van der Waals surface area (Å²) in [6.07, 6.45) is 1.54. The van der Waals surface area contributed by atoms with Gasteiger partial charge in [0, 0.05) is 6.04 Å². The lowest BCUT2D eigenvalue weighted by atomic mass is 10.1. The number of nitrogens with zero attached hydrogens (tertiary/aromatic N) is 1. The van der Waals surface area contributed by atoms with Gasteiger partial charge in [0.1, 0.15) is 12.1 Å². The summed E-state index contributed by atoms with van der Waals surface area (Å²) in [4.78, 5) is 4.59. The molecule has 2 N–H and O–H groups in total. The Balaban J connectivity index is 2.22. The van der Waals surface area contributed by atoms with Crippen LogP contribution >= 0.6 is 11.8 Å². The maximum Gasteiger partial charge on any atom is 0.260 e. The third-order valence-corrected chi connectivity index (χ3v) is 3.19. The molecule has 90 valence electrons. The Morgan fingerprint density at radius 3 is 2.76 bits per heavy atom. The average Bonchev–Trinajstić information content (AvgIpc) is 2.67. The number of halogens is 1. The standard InChI is InChI=1S/C12H13FN2OS/c1-7-6-16-12(15-7)17-11-4-3-9(8(2)14)5-10(11)13/h3-6,8H,14H2,1-2H3. The van der Waals surface area contributed by atoms with Gasteiger partial charge < -0.3 is 10.2 Å². The molecular weight excluding hydrogens is 239 g/mol. The van der Waals surface area contributed by atoms with Gasteiger partial charge >= 0.3 is 0 Å². The van der Waals surface area contributed by atoms with Crippen molar-refractivity contribution in [1.29, 1.82) is 0 Å². The minimum Gasteiger partial charge on any atom is -0.439 e. The van der Waals surface area contributed by atoms with Crippen LogP contribution in [0.5, 0.6) is 0 Å². The fraction of sp³-hybridized carbons (Fsp3) is 0.250. The van der Waals surface area contributed by atoms with Crippen molar-refractivity contribution >= 4 is 11.8 Å². The van der Waals surface area contributed by atoms with Gasteiger partial charge in [0.2, 0.25) is 0 Å². The number of hydrogen-bond acceptors (Lipinski definition) is 4. The summed E-state index contributed by atoms with van der Waals surface area (Å²) in [5.41, 5.74) is 7.24. The number of benzene rings is 1. The van der Waals surface area contributed by atoms with Gasteiger partial charge in [-0.2, -0.15) is 0 Å². The van der Waals surface area contributed by atoms with Crippen LogP contribution in [0.3, 0.4) is 0 Å². The first-order chi connectivity index (χ1) is 8.06. The Morgan fingerprint density at radius 1 is 1.47 bits per heavy atom. The van der Waals surface area contributed by atoms with E-state index in [-0.39, 0.29) is 11.9 Å². The fourth-order valence-corrected chi connectivity index (χ4v) is 2.12. The second-order valence-electron chi connectivity index (χ2n) is 3.84. The molecule has 1 aromatic carbocycles. The van der Waals surface area contributed by atoms with Gasteiger partial charge in [0.25, 0.3) is 5.22 Å². The van der Waals surface area contributed by atoms with Crippen molar-refractivity contribution in [3.8, 4) is 0 Å². The minimum absolute atomic E-state index is 0.174. The SMILES string of the molecule is Cc1coc(Sc2ccc(C(C)N)cc2F)n1. The first-order valence-electron chi connectivity index (χ1n) is 5.21. The van der Waals surface area contributed by atoms with Crippen LogP contribution in [0.4, 0.5) is 4.39 Å². The summed E-state index contributed by atoms with van der Waals surface area (Å²) >= 11 is 1.16. The minimum atomic E-state index is -0.305. The molecule has 1 atom stereocenters. The van der Waals surface area contributed by atoms with E-state index in [9.17, 15) is 4.39 Å². The summed E-state index contributed by atoms with van der Waals surface area (Å²) in [6.45, 7) is 3.64. The van der Waals surface area contributed by atoms with Crippen LogP contribution in [0.15, 0.2) is 39.0 Å². The molecule has 1 heterocycles. The number of oxazole rings is 1. The van der Waals surface area contributed by atoms with E-state index >= 15 is 0 Å². The number of aryl methyl sites for hydroxylation is 1. The molecule has 0 radical (unpaired) electrons. The smallest absolute Gasteiger partial charge is 0.260 e. The number of nitrogens with two attached hydrogens (primary N) is 1. The van der Waals surface area contributed by atoms with Crippen LogP contribution in [-0.2, 0) is 0 Å². The van der Waals surface area contributed by atoms with Gasteiger partial charge in [-0.3, -0.25) is 0 Å².